The van der Waals surface area contributed by atoms with Crippen LogP contribution in [0.1, 0.15) is 11.1 Å². The van der Waals surface area contributed by atoms with E-state index in [1.165, 1.54) is 0 Å². The molecule has 0 fully saturated rings. The Morgan fingerprint density at radius 3 is 2.64 bits per heavy atom. The van der Waals surface area contributed by atoms with Gasteiger partial charge in [-0.3, -0.25) is 0 Å². The Morgan fingerprint density at radius 1 is 1.36 bits per heavy atom. The van der Waals surface area contributed by atoms with Gasteiger partial charge in [0.1, 0.15) is 5.75 Å². The third-order valence-electron chi connectivity index (χ3n) is 2.07. The Morgan fingerprint density at radius 2 is 2.07 bits per heavy atom. The van der Waals surface area contributed by atoms with Crippen LogP contribution < -0.4 is 0 Å². The second-order valence-corrected chi connectivity index (χ2v) is 3.03. The average molecular weight is 186 g/mol. The summed E-state index contributed by atoms with van der Waals surface area (Å²) in [7, 11) is 0. The summed E-state index contributed by atoms with van der Waals surface area (Å²) < 4.78 is 0. The Bertz CT molecular complexity index is 386. The number of hydrogen-bond donors (Lipinski definition) is 1. The summed E-state index contributed by atoms with van der Waals surface area (Å²) in [6.07, 6.45) is 5.20. The van der Waals surface area contributed by atoms with E-state index in [4.69, 9.17) is 0 Å². The van der Waals surface area contributed by atoms with Gasteiger partial charge in [0.2, 0.25) is 0 Å². The maximum atomic E-state index is 9.80. The number of benzene rings is 1. The van der Waals surface area contributed by atoms with Gasteiger partial charge in [-0.05, 0) is 18.1 Å². The molecule has 14 heavy (non-hydrogen) atoms. The lowest BCUT2D eigenvalue weighted by atomic mass is 10.0. The molecule has 1 aromatic carbocycles. The van der Waals surface area contributed by atoms with Gasteiger partial charge in [0.25, 0.3) is 0 Å². The molecule has 1 nitrogen and oxygen atoms in total. The number of para-hydroxylation sites is 1. The highest BCUT2D eigenvalue weighted by atomic mass is 16.3. The maximum Gasteiger partial charge on any atom is 0.126 e. The van der Waals surface area contributed by atoms with Crippen molar-refractivity contribution in [2.24, 2.45) is 0 Å². The highest BCUT2D eigenvalue weighted by Gasteiger charge is 2.05. The molecule has 1 rings (SSSR count). The minimum Gasteiger partial charge on any atom is -0.507 e. The molecule has 0 bridgehead atoms. The van der Waals surface area contributed by atoms with E-state index in [9.17, 15) is 5.11 Å². The average Bonchev–Trinajstić information content (AvgIpc) is 2.19. The van der Waals surface area contributed by atoms with Crippen LogP contribution in [0, 0.1) is 6.92 Å². The second kappa shape index (κ2) is 4.47. The van der Waals surface area contributed by atoms with E-state index < -0.39 is 0 Å². The Balaban J connectivity index is 3.30. The Kier molecular flexibility index (Phi) is 3.29. The van der Waals surface area contributed by atoms with Gasteiger partial charge in [0, 0.05) is 5.56 Å². The maximum absolute atomic E-state index is 9.80. The van der Waals surface area contributed by atoms with Crippen molar-refractivity contribution in [3.8, 4) is 5.75 Å². The monoisotopic (exact) mass is 186 g/mol. The van der Waals surface area contributed by atoms with Gasteiger partial charge < -0.3 is 5.11 Å². The predicted octanol–water partition coefficient (Wildman–Crippen LogP) is 3.46. The number of phenols is 1. The highest BCUT2D eigenvalue weighted by molar-refractivity contribution is 5.78. The smallest absolute Gasteiger partial charge is 0.126 e. The van der Waals surface area contributed by atoms with Crippen LogP contribution in [-0.4, -0.2) is 5.11 Å². The largest absolute Gasteiger partial charge is 0.507 e. The summed E-state index contributed by atoms with van der Waals surface area (Å²) in [6.45, 7) is 9.19. The molecule has 72 valence electrons. The van der Waals surface area contributed by atoms with E-state index >= 15 is 0 Å². The minimum atomic E-state index is 0.306. The van der Waals surface area contributed by atoms with E-state index in [1.807, 2.05) is 31.2 Å². The van der Waals surface area contributed by atoms with Crippen LogP contribution in [0.3, 0.4) is 0 Å². The fraction of sp³-hybridized carbons (Fsp3) is 0.0769. The quantitative estimate of drug-likeness (QED) is 0.717. The third kappa shape index (κ3) is 1.94. The molecule has 1 aromatic rings. The van der Waals surface area contributed by atoms with Crippen molar-refractivity contribution < 1.29 is 5.11 Å². The molecule has 0 aromatic heterocycles. The number of rotatable bonds is 3. The van der Waals surface area contributed by atoms with E-state index in [0.29, 0.717) is 5.75 Å². The fourth-order valence-electron chi connectivity index (χ4n) is 1.29. The summed E-state index contributed by atoms with van der Waals surface area (Å²) in [5.74, 6) is 0.306. The molecule has 0 unspecified atom stereocenters. The zero-order chi connectivity index (χ0) is 10.6. The summed E-state index contributed by atoms with van der Waals surface area (Å²) in [4.78, 5) is 0. The molecule has 0 saturated heterocycles. The lowest BCUT2D eigenvalue weighted by molar-refractivity contribution is 0.469. The number of phenolic OH excluding ortho intramolecular Hbond substituents is 1. The van der Waals surface area contributed by atoms with Gasteiger partial charge in [-0.2, -0.15) is 0 Å². The van der Waals surface area contributed by atoms with E-state index in [1.54, 1.807) is 12.2 Å². The van der Waals surface area contributed by atoms with E-state index in [0.717, 1.165) is 16.7 Å². The number of allylic oxidation sites excluding steroid dienone is 4. The molecule has 0 heterocycles. The van der Waals surface area contributed by atoms with E-state index in [2.05, 4.69) is 13.2 Å². The molecule has 0 aliphatic heterocycles. The van der Waals surface area contributed by atoms with Crippen LogP contribution in [0.5, 0.6) is 5.75 Å². The molecule has 0 amide bonds. The first kappa shape index (κ1) is 10.3. The Hall–Kier alpha value is -1.76. The third-order valence-corrected chi connectivity index (χ3v) is 2.07. The van der Waals surface area contributed by atoms with Gasteiger partial charge in [0.05, 0.1) is 0 Å². The molecule has 0 spiro atoms. The van der Waals surface area contributed by atoms with Crippen molar-refractivity contribution in [2.45, 2.75) is 6.92 Å². The van der Waals surface area contributed by atoms with Gasteiger partial charge in [-0.15, -0.1) is 0 Å². The molecule has 0 radical (unpaired) electrons. The second-order valence-electron chi connectivity index (χ2n) is 3.03. The van der Waals surface area contributed by atoms with Crippen molar-refractivity contribution >= 4 is 5.57 Å². The van der Waals surface area contributed by atoms with Gasteiger partial charge in [-0.25, -0.2) is 0 Å². The molecule has 0 aliphatic carbocycles. The van der Waals surface area contributed by atoms with Crippen LogP contribution in [0.25, 0.3) is 5.57 Å². The molecular weight excluding hydrogens is 172 g/mol. The van der Waals surface area contributed by atoms with Gasteiger partial charge >= 0.3 is 0 Å². The fourth-order valence-corrected chi connectivity index (χ4v) is 1.29. The van der Waals surface area contributed by atoms with Gasteiger partial charge in [0.15, 0.2) is 0 Å². The summed E-state index contributed by atoms with van der Waals surface area (Å²) in [5.41, 5.74) is 2.53. The molecule has 0 saturated carbocycles. The number of aromatic hydroxyl groups is 1. The van der Waals surface area contributed by atoms with Crippen LogP contribution in [0.15, 0.2) is 49.6 Å². The lowest BCUT2D eigenvalue weighted by Crippen LogP contribution is -1.84. The SMILES string of the molecule is C=C/C=C(\C=C)c1cccc(C)c1O. The molecule has 0 atom stereocenters. The number of aryl methyl sites for hydroxylation is 1. The van der Waals surface area contributed by atoms with Gasteiger partial charge in [-0.1, -0.05) is 49.6 Å². The van der Waals surface area contributed by atoms with Crippen molar-refractivity contribution in [3.63, 3.8) is 0 Å². The molecule has 1 N–H and O–H groups in total. The van der Waals surface area contributed by atoms with Crippen molar-refractivity contribution in [1.82, 2.24) is 0 Å². The standard InChI is InChI=1S/C13H14O/c1-4-7-11(5-2)12-9-6-8-10(3)13(12)14/h4-9,14H,1-2H2,3H3/b11-7+. The Labute approximate surface area is 84.7 Å². The highest BCUT2D eigenvalue weighted by Crippen LogP contribution is 2.28. The first-order valence-corrected chi connectivity index (χ1v) is 4.44. The molecule has 0 aliphatic rings. The molecule has 1 heteroatoms. The summed E-state index contributed by atoms with van der Waals surface area (Å²) >= 11 is 0. The first-order valence-electron chi connectivity index (χ1n) is 4.44. The van der Waals surface area contributed by atoms with Crippen LogP contribution in [0.4, 0.5) is 0 Å². The molecular formula is C13H14O. The zero-order valence-electron chi connectivity index (χ0n) is 8.33. The lowest BCUT2D eigenvalue weighted by Gasteiger charge is -2.06. The number of hydrogen-bond acceptors (Lipinski definition) is 1. The van der Waals surface area contributed by atoms with Crippen molar-refractivity contribution in [2.75, 3.05) is 0 Å². The minimum absolute atomic E-state index is 0.306. The summed E-state index contributed by atoms with van der Waals surface area (Å²) in [6, 6.07) is 5.64. The van der Waals surface area contributed by atoms with Crippen LogP contribution in [0.2, 0.25) is 0 Å². The predicted molar refractivity (Wildman–Crippen MR) is 61.2 cm³/mol. The van der Waals surface area contributed by atoms with Crippen LogP contribution in [-0.2, 0) is 0 Å². The summed E-state index contributed by atoms with van der Waals surface area (Å²) in [5, 5.41) is 9.80. The van der Waals surface area contributed by atoms with Crippen molar-refractivity contribution in [1.29, 1.82) is 0 Å². The topological polar surface area (TPSA) is 20.2 Å². The normalized spacial score (nSPS) is 11.1. The van der Waals surface area contributed by atoms with Crippen LogP contribution >= 0.6 is 0 Å². The van der Waals surface area contributed by atoms with E-state index in [-0.39, 0.29) is 0 Å². The first-order chi connectivity index (χ1) is 6.70. The van der Waals surface area contributed by atoms with Crippen molar-refractivity contribution in [3.05, 3.63) is 60.7 Å². The zero-order valence-corrected chi connectivity index (χ0v) is 8.33.